The maximum Gasteiger partial charge on any atom is 0.291 e. The van der Waals surface area contributed by atoms with Gasteiger partial charge >= 0.3 is 0 Å². The highest BCUT2D eigenvalue weighted by Crippen LogP contribution is 2.29. The molecule has 4 rings (SSSR count). The van der Waals surface area contributed by atoms with Crippen LogP contribution in [0.3, 0.4) is 0 Å². The number of ether oxygens (including phenoxy) is 2. The highest BCUT2D eigenvalue weighted by atomic mass is 16.5. The zero-order chi connectivity index (χ0) is 21.1. The molecule has 0 saturated carbocycles. The van der Waals surface area contributed by atoms with Crippen LogP contribution in [0.1, 0.15) is 29.8 Å². The van der Waals surface area contributed by atoms with E-state index < -0.39 is 5.91 Å². The van der Waals surface area contributed by atoms with Crippen molar-refractivity contribution in [3.05, 3.63) is 58.4 Å². The van der Waals surface area contributed by atoms with E-state index in [1.807, 2.05) is 24.3 Å². The summed E-state index contributed by atoms with van der Waals surface area (Å²) < 4.78 is 16.2. The topological polar surface area (TPSA) is 81.0 Å². The van der Waals surface area contributed by atoms with E-state index in [0.29, 0.717) is 17.2 Å². The number of amides is 1. The standard InChI is InChI=1S/C23H24N2O5/c1-28-17-12-19(29-2)22-18(26)14-21(30-20(22)13-17)23(27)24-15-6-8-16(9-7-15)25-10-4-3-5-11-25/h6-9,12-14H,3-5,10-11H2,1-2H3,(H,24,27). The fourth-order valence-corrected chi connectivity index (χ4v) is 3.72. The zero-order valence-corrected chi connectivity index (χ0v) is 17.1. The van der Waals surface area contributed by atoms with Crippen molar-refractivity contribution in [2.75, 3.05) is 37.5 Å². The number of carbonyl (C=O) groups excluding carboxylic acids is 1. The van der Waals surface area contributed by atoms with E-state index in [4.69, 9.17) is 13.9 Å². The van der Waals surface area contributed by atoms with Crippen LogP contribution in [0.15, 0.2) is 51.7 Å². The number of nitrogens with one attached hydrogen (secondary N) is 1. The molecule has 0 atom stereocenters. The number of anilines is 2. The number of methoxy groups -OCH3 is 2. The molecular formula is C23H24N2O5. The van der Waals surface area contributed by atoms with Crippen LogP contribution >= 0.6 is 0 Å². The zero-order valence-electron chi connectivity index (χ0n) is 17.1. The summed E-state index contributed by atoms with van der Waals surface area (Å²) in [5, 5.41) is 3.05. The van der Waals surface area contributed by atoms with Crippen LogP contribution in [0.25, 0.3) is 11.0 Å². The average molecular weight is 408 g/mol. The van der Waals surface area contributed by atoms with Crippen LogP contribution in [-0.4, -0.2) is 33.2 Å². The van der Waals surface area contributed by atoms with E-state index in [2.05, 4.69) is 10.2 Å². The second kappa shape index (κ2) is 8.49. The molecule has 7 nitrogen and oxygen atoms in total. The number of benzene rings is 2. The summed E-state index contributed by atoms with van der Waals surface area (Å²) in [5.74, 6) is 0.219. The first kappa shape index (κ1) is 19.8. The van der Waals surface area contributed by atoms with Gasteiger partial charge in [-0.25, -0.2) is 0 Å². The fourth-order valence-electron chi connectivity index (χ4n) is 3.72. The van der Waals surface area contributed by atoms with Crippen LogP contribution in [0.4, 0.5) is 11.4 Å². The lowest BCUT2D eigenvalue weighted by molar-refractivity contribution is 0.0997. The number of piperidine rings is 1. The Morgan fingerprint density at radius 2 is 1.73 bits per heavy atom. The summed E-state index contributed by atoms with van der Waals surface area (Å²) in [6, 6.07) is 12.0. The summed E-state index contributed by atoms with van der Waals surface area (Å²) in [6.45, 7) is 2.11. The molecule has 1 fully saturated rings. The molecule has 2 heterocycles. The molecule has 1 amide bonds. The fraction of sp³-hybridized carbons (Fsp3) is 0.304. The molecule has 7 heteroatoms. The molecule has 0 unspecified atom stereocenters. The molecule has 1 aliphatic rings. The Labute approximate surface area is 174 Å². The van der Waals surface area contributed by atoms with Crippen molar-refractivity contribution in [3.63, 3.8) is 0 Å². The van der Waals surface area contributed by atoms with Gasteiger partial charge in [0.2, 0.25) is 0 Å². The van der Waals surface area contributed by atoms with Crippen LogP contribution in [0.5, 0.6) is 11.5 Å². The maximum atomic E-state index is 12.7. The molecule has 30 heavy (non-hydrogen) atoms. The highest BCUT2D eigenvalue weighted by molar-refractivity contribution is 6.03. The minimum absolute atomic E-state index is 0.0806. The van der Waals surface area contributed by atoms with Gasteiger partial charge in [-0.05, 0) is 43.5 Å². The first-order valence-electron chi connectivity index (χ1n) is 9.95. The second-order valence-corrected chi connectivity index (χ2v) is 7.23. The first-order chi connectivity index (χ1) is 14.6. The number of hydrogen-bond donors (Lipinski definition) is 1. The Morgan fingerprint density at radius 3 is 2.40 bits per heavy atom. The number of carbonyl (C=O) groups is 1. The molecule has 1 aromatic heterocycles. The van der Waals surface area contributed by atoms with Crippen LogP contribution in [0, 0.1) is 0 Å². The molecule has 0 spiro atoms. The number of fused-ring (bicyclic) bond motifs is 1. The maximum absolute atomic E-state index is 12.7. The largest absolute Gasteiger partial charge is 0.496 e. The molecule has 1 aliphatic heterocycles. The van der Waals surface area contributed by atoms with Crippen molar-refractivity contribution in [2.45, 2.75) is 19.3 Å². The van der Waals surface area contributed by atoms with E-state index in [1.165, 1.54) is 39.5 Å². The minimum Gasteiger partial charge on any atom is -0.496 e. The van der Waals surface area contributed by atoms with Gasteiger partial charge in [0.05, 0.1) is 14.2 Å². The quantitative estimate of drug-likeness (QED) is 0.686. The van der Waals surface area contributed by atoms with Crippen molar-refractivity contribution < 1.29 is 18.7 Å². The van der Waals surface area contributed by atoms with Gasteiger partial charge in [0.15, 0.2) is 11.2 Å². The van der Waals surface area contributed by atoms with Crippen molar-refractivity contribution in [3.8, 4) is 11.5 Å². The van der Waals surface area contributed by atoms with Crippen molar-refractivity contribution >= 4 is 28.3 Å². The monoisotopic (exact) mass is 408 g/mol. The van der Waals surface area contributed by atoms with Crippen molar-refractivity contribution in [1.29, 1.82) is 0 Å². The molecule has 0 bridgehead atoms. The molecule has 3 aromatic rings. The third kappa shape index (κ3) is 3.96. The number of nitrogens with zero attached hydrogens (tertiary/aromatic N) is 1. The van der Waals surface area contributed by atoms with Gasteiger partial charge in [-0.2, -0.15) is 0 Å². The molecule has 0 aliphatic carbocycles. The average Bonchev–Trinajstić information content (AvgIpc) is 2.79. The second-order valence-electron chi connectivity index (χ2n) is 7.23. The van der Waals surface area contributed by atoms with Crippen molar-refractivity contribution in [1.82, 2.24) is 0 Å². The van der Waals surface area contributed by atoms with Gasteiger partial charge in [0, 0.05) is 42.7 Å². The Kier molecular flexibility index (Phi) is 5.61. The third-order valence-electron chi connectivity index (χ3n) is 5.29. The Hall–Kier alpha value is -3.48. The van der Waals surface area contributed by atoms with Crippen LogP contribution in [-0.2, 0) is 0 Å². The first-order valence-corrected chi connectivity index (χ1v) is 9.95. The van der Waals surface area contributed by atoms with Crippen LogP contribution in [0.2, 0.25) is 0 Å². The van der Waals surface area contributed by atoms with E-state index in [-0.39, 0.29) is 22.2 Å². The Morgan fingerprint density at radius 1 is 1.00 bits per heavy atom. The van der Waals surface area contributed by atoms with E-state index in [1.54, 1.807) is 12.1 Å². The van der Waals surface area contributed by atoms with Gasteiger partial charge in [-0.15, -0.1) is 0 Å². The predicted molar refractivity (Wildman–Crippen MR) is 116 cm³/mol. The third-order valence-corrected chi connectivity index (χ3v) is 5.29. The summed E-state index contributed by atoms with van der Waals surface area (Å²) >= 11 is 0. The summed E-state index contributed by atoms with van der Waals surface area (Å²) in [7, 11) is 2.96. The predicted octanol–water partition coefficient (Wildman–Crippen LogP) is 4.05. The van der Waals surface area contributed by atoms with Crippen molar-refractivity contribution in [2.24, 2.45) is 0 Å². The van der Waals surface area contributed by atoms with Gasteiger partial charge in [-0.3, -0.25) is 9.59 Å². The number of hydrogen-bond acceptors (Lipinski definition) is 6. The Balaban J connectivity index is 1.58. The molecule has 2 aromatic carbocycles. The molecule has 156 valence electrons. The Bertz CT molecular complexity index is 1110. The lowest BCUT2D eigenvalue weighted by atomic mass is 10.1. The summed E-state index contributed by atoms with van der Waals surface area (Å²) in [6.07, 6.45) is 3.68. The van der Waals surface area contributed by atoms with Gasteiger partial charge in [0.1, 0.15) is 22.5 Å². The van der Waals surface area contributed by atoms with Gasteiger partial charge in [-0.1, -0.05) is 0 Å². The van der Waals surface area contributed by atoms with Gasteiger partial charge < -0.3 is 24.1 Å². The summed E-state index contributed by atoms with van der Waals surface area (Å²) in [4.78, 5) is 27.6. The summed E-state index contributed by atoms with van der Waals surface area (Å²) in [5.41, 5.74) is 1.64. The smallest absolute Gasteiger partial charge is 0.291 e. The number of rotatable bonds is 5. The lowest BCUT2D eigenvalue weighted by Crippen LogP contribution is -2.29. The van der Waals surface area contributed by atoms with Gasteiger partial charge in [0.25, 0.3) is 5.91 Å². The highest BCUT2D eigenvalue weighted by Gasteiger charge is 2.17. The van der Waals surface area contributed by atoms with E-state index in [9.17, 15) is 9.59 Å². The molecule has 1 N–H and O–H groups in total. The minimum atomic E-state index is -0.499. The van der Waals surface area contributed by atoms with E-state index in [0.717, 1.165) is 18.8 Å². The molecule has 1 saturated heterocycles. The molecular weight excluding hydrogens is 384 g/mol. The molecule has 0 radical (unpaired) electrons. The van der Waals surface area contributed by atoms with Crippen LogP contribution < -0.4 is 25.1 Å². The van der Waals surface area contributed by atoms with E-state index >= 15 is 0 Å². The lowest BCUT2D eigenvalue weighted by Gasteiger charge is -2.28. The normalized spacial score (nSPS) is 13.9. The SMILES string of the molecule is COc1cc(OC)c2c(=O)cc(C(=O)Nc3ccc(N4CCCCC4)cc3)oc2c1.